The maximum atomic E-state index is 12.8. The van der Waals surface area contributed by atoms with E-state index in [1.54, 1.807) is 42.7 Å². The van der Waals surface area contributed by atoms with Crippen LogP contribution < -0.4 is 4.74 Å². The molecule has 0 atom stereocenters. The number of hydrogen-bond donors (Lipinski definition) is 1. The minimum atomic E-state index is -1.08. The standard InChI is InChI=1S/C18H13BrN2O4S2/c19-13-3-4-14(25-10-16(22)23)12(6-13)7-15-17(24)21(18(26)27-15)9-11-2-1-5-20-8-11/h1-8H,9-10H2,(H,22,23)/b15-7-. The van der Waals surface area contributed by atoms with E-state index < -0.39 is 12.6 Å². The number of thioether (sulfide) groups is 1. The number of rotatable bonds is 6. The number of benzene rings is 1. The number of aromatic nitrogens is 1. The molecule has 1 fully saturated rings. The van der Waals surface area contributed by atoms with Crippen LogP contribution in [0.25, 0.3) is 6.08 Å². The molecule has 27 heavy (non-hydrogen) atoms. The number of carbonyl (C=O) groups excluding carboxylic acids is 1. The van der Waals surface area contributed by atoms with E-state index in [2.05, 4.69) is 20.9 Å². The number of carbonyl (C=O) groups is 2. The van der Waals surface area contributed by atoms with Gasteiger partial charge < -0.3 is 9.84 Å². The van der Waals surface area contributed by atoms with Crippen molar-refractivity contribution < 1.29 is 19.4 Å². The number of nitrogens with zero attached hydrogens (tertiary/aromatic N) is 2. The van der Waals surface area contributed by atoms with Crippen LogP contribution in [0.5, 0.6) is 5.75 Å². The highest BCUT2D eigenvalue weighted by atomic mass is 79.9. The van der Waals surface area contributed by atoms with Crippen LogP contribution in [0.4, 0.5) is 0 Å². The summed E-state index contributed by atoms with van der Waals surface area (Å²) in [6.45, 7) is -0.124. The Bertz CT molecular complexity index is 934. The molecule has 1 amide bonds. The van der Waals surface area contributed by atoms with Crippen molar-refractivity contribution in [3.8, 4) is 5.75 Å². The summed E-state index contributed by atoms with van der Waals surface area (Å²) in [6, 6.07) is 8.82. The Labute approximate surface area is 173 Å². The third-order valence-electron chi connectivity index (χ3n) is 3.55. The normalized spacial score (nSPS) is 15.4. The summed E-state index contributed by atoms with van der Waals surface area (Å²) >= 11 is 9.91. The zero-order chi connectivity index (χ0) is 19.4. The van der Waals surface area contributed by atoms with E-state index in [9.17, 15) is 9.59 Å². The molecule has 6 nitrogen and oxygen atoms in total. The first-order chi connectivity index (χ1) is 12.9. The largest absolute Gasteiger partial charge is 0.481 e. The van der Waals surface area contributed by atoms with Crippen LogP contribution >= 0.6 is 39.9 Å². The number of halogens is 1. The molecule has 1 saturated heterocycles. The fourth-order valence-corrected chi connectivity index (χ4v) is 3.98. The van der Waals surface area contributed by atoms with Gasteiger partial charge in [-0.3, -0.25) is 14.7 Å². The topological polar surface area (TPSA) is 79.7 Å². The molecule has 1 aromatic heterocycles. The summed E-state index contributed by atoms with van der Waals surface area (Å²) in [5.41, 5.74) is 1.47. The molecule has 138 valence electrons. The van der Waals surface area contributed by atoms with Crippen molar-refractivity contribution in [1.82, 2.24) is 9.88 Å². The van der Waals surface area contributed by atoms with Crippen LogP contribution in [0, 0.1) is 0 Å². The van der Waals surface area contributed by atoms with E-state index in [-0.39, 0.29) is 5.91 Å². The molecular weight excluding hydrogens is 452 g/mol. The van der Waals surface area contributed by atoms with Gasteiger partial charge in [-0.05, 0) is 35.9 Å². The van der Waals surface area contributed by atoms with Crippen LogP contribution in [-0.4, -0.2) is 37.8 Å². The van der Waals surface area contributed by atoms with Gasteiger partial charge in [0.1, 0.15) is 10.1 Å². The van der Waals surface area contributed by atoms with Crippen LogP contribution in [0.2, 0.25) is 0 Å². The summed E-state index contributed by atoms with van der Waals surface area (Å²) in [5, 5.41) is 8.82. The summed E-state index contributed by atoms with van der Waals surface area (Å²) in [4.78, 5) is 29.5. The minimum Gasteiger partial charge on any atom is -0.481 e. The van der Waals surface area contributed by atoms with Gasteiger partial charge in [0, 0.05) is 22.4 Å². The van der Waals surface area contributed by atoms with Crippen molar-refractivity contribution in [3.05, 3.63) is 63.2 Å². The lowest BCUT2D eigenvalue weighted by molar-refractivity contribution is -0.139. The van der Waals surface area contributed by atoms with Gasteiger partial charge in [0.05, 0.1) is 11.4 Å². The lowest BCUT2D eigenvalue weighted by atomic mass is 10.2. The molecule has 2 heterocycles. The van der Waals surface area contributed by atoms with Gasteiger partial charge in [-0.2, -0.15) is 0 Å². The third-order valence-corrected chi connectivity index (χ3v) is 5.42. The number of amides is 1. The zero-order valence-corrected chi connectivity index (χ0v) is 17.0. The third kappa shape index (κ3) is 4.94. The van der Waals surface area contributed by atoms with Gasteiger partial charge in [-0.1, -0.05) is 46.0 Å². The van der Waals surface area contributed by atoms with Gasteiger partial charge in [0.15, 0.2) is 6.61 Å². The highest BCUT2D eigenvalue weighted by Gasteiger charge is 2.32. The lowest BCUT2D eigenvalue weighted by Gasteiger charge is -2.14. The van der Waals surface area contributed by atoms with Crippen molar-refractivity contribution in [3.63, 3.8) is 0 Å². The first-order valence-electron chi connectivity index (χ1n) is 7.72. The molecule has 0 bridgehead atoms. The molecule has 9 heteroatoms. The van der Waals surface area contributed by atoms with Crippen molar-refractivity contribution in [1.29, 1.82) is 0 Å². The van der Waals surface area contributed by atoms with Gasteiger partial charge >= 0.3 is 5.97 Å². The molecule has 3 rings (SSSR count). The van der Waals surface area contributed by atoms with E-state index in [0.29, 0.717) is 27.1 Å². The van der Waals surface area contributed by atoms with E-state index in [1.807, 2.05) is 6.07 Å². The van der Waals surface area contributed by atoms with E-state index in [4.69, 9.17) is 22.1 Å². The molecular formula is C18H13BrN2O4S2. The molecule has 0 saturated carbocycles. The maximum Gasteiger partial charge on any atom is 0.341 e. The average molecular weight is 465 g/mol. The van der Waals surface area contributed by atoms with Gasteiger partial charge in [0.2, 0.25) is 0 Å². The van der Waals surface area contributed by atoms with Crippen LogP contribution in [0.15, 0.2) is 52.1 Å². The minimum absolute atomic E-state index is 0.210. The Balaban J connectivity index is 1.85. The predicted molar refractivity (Wildman–Crippen MR) is 110 cm³/mol. The quantitative estimate of drug-likeness (QED) is 0.515. The maximum absolute atomic E-state index is 12.8. The van der Waals surface area contributed by atoms with Crippen LogP contribution in [0.1, 0.15) is 11.1 Å². The van der Waals surface area contributed by atoms with Crippen molar-refractivity contribution in [2.75, 3.05) is 6.61 Å². The number of carboxylic acids is 1. The Morgan fingerprint density at radius 1 is 1.41 bits per heavy atom. The Morgan fingerprint density at radius 3 is 2.93 bits per heavy atom. The molecule has 1 aromatic carbocycles. The first-order valence-corrected chi connectivity index (χ1v) is 9.74. The van der Waals surface area contributed by atoms with Gasteiger partial charge in [-0.15, -0.1) is 0 Å². The summed E-state index contributed by atoms with van der Waals surface area (Å²) < 4.78 is 6.54. The van der Waals surface area contributed by atoms with Gasteiger partial charge in [0.25, 0.3) is 5.91 Å². The Kier molecular flexibility index (Phi) is 6.25. The molecule has 0 unspecified atom stereocenters. The van der Waals surface area contributed by atoms with Crippen molar-refractivity contribution in [2.45, 2.75) is 6.54 Å². The molecule has 0 aliphatic carbocycles. The van der Waals surface area contributed by atoms with Gasteiger partial charge in [-0.25, -0.2) is 4.79 Å². The number of ether oxygens (including phenoxy) is 1. The molecule has 0 radical (unpaired) electrons. The number of aliphatic carboxylic acids is 1. The van der Waals surface area contributed by atoms with Crippen molar-refractivity contribution in [2.24, 2.45) is 0 Å². The second-order valence-electron chi connectivity index (χ2n) is 5.49. The van der Waals surface area contributed by atoms with Crippen molar-refractivity contribution >= 4 is 62.2 Å². The molecule has 2 aromatic rings. The van der Waals surface area contributed by atoms with Crippen LogP contribution in [-0.2, 0) is 16.1 Å². The summed E-state index contributed by atoms with van der Waals surface area (Å²) in [5.74, 6) is -0.914. The molecule has 1 aliphatic rings. The smallest absolute Gasteiger partial charge is 0.341 e. The summed E-state index contributed by atoms with van der Waals surface area (Å²) in [6.07, 6.45) is 5.01. The lowest BCUT2D eigenvalue weighted by Crippen LogP contribution is -2.27. The number of hydrogen-bond acceptors (Lipinski definition) is 6. The number of thiocarbonyl (C=S) groups is 1. The molecule has 1 aliphatic heterocycles. The molecule has 1 N–H and O–H groups in total. The van der Waals surface area contributed by atoms with Crippen LogP contribution in [0.3, 0.4) is 0 Å². The Hall–Kier alpha value is -2.23. The number of carboxylic acid groups (broad SMARTS) is 1. The second kappa shape index (κ2) is 8.64. The SMILES string of the molecule is O=C(O)COc1ccc(Br)cc1/C=C1\SC(=S)N(Cc2cccnc2)C1=O. The Morgan fingerprint density at radius 2 is 2.22 bits per heavy atom. The monoisotopic (exact) mass is 464 g/mol. The number of pyridine rings is 1. The van der Waals surface area contributed by atoms with E-state index in [1.165, 1.54) is 16.7 Å². The zero-order valence-electron chi connectivity index (χ0n) is 13.8. The average Bonchev–Trinajstić information content (AvgIpc) is 2.89. The fourth-order valence-electron chi connectivity index (χ4n) is 2.35. The van der Waals surface area contributed by atoms with E-state index >= 15 is 0 Å². The van der Waals surface area contributed by atoms with E-state index in [0.717, 1.165) is 10.0 Å². The second-order valence-corrected chi connectivity index (χ2v) is 8.09. The highest BCUT2D eigenvalue weighted by molar-refractivity contribution is 9.10. The predicted octanol–water partition coefficient (Wildman–Crippen LogP) is 3.71. The summed E-state index contributed by atoms with van der Waals surface area (Å²) in [7, 11) is 0. The molecule has 0 spiro atoms. The first kappa shape index (κ1) is 19.5. The fraction of sp³-hybridized carbons (Fsp3) is 0.111. The highest BCUT2D eigenvalue weighted by Crippen LogP contribution is 2.35.